The Morgan fingerprint density at radius 3 is 2.58 bits per heavy atom. The van der Waals surface area contributed by atoms with Crippen LogP contribution in [0.15, 0.2) is 25.0 Å². The molecular weight excluding hydrogens is 148 g/mol. The lowest BCUT2D eigenvalue weighted by Gasteiger charge is -1.94. The van der Waals surface area contributed by atoms with E-state index in [0.717, 1.165) is 13.0 Å². The maximum atomic E-state index is 4.97. The molecule has 0 amide bonds. The van der Waals surface area contributed by atoms with Crippen LogP contribution in [-0.2, 0) is 4.74 Å². The van der Waals surface area contributed by atoms with E-state index in [9.17, 15) is 0 Å². The second-order valence-electron chi connectivity index (χ2n) is 2.79. The lowest BCUT2D eigenvalue weighted by Crippen LogP contribution is -1.82. The Labute approximate surface area is 76.1 Å². The average Bonchev–Trinajstić information content (AvgIpc) is 2.10. The van der Waals surface area contributed by atoms with Crippen LogP contribution in [-0.4, -0.2) is 6.61 Å². The summed E-state index contributed by atoms with van der Waals surface area (Å²) in [6, 6.07) is 0. The van der Waals surface area contributed by atoms with Crippen molar-refractivity contribution in [2.75, 3.05) is 6.61 Å². The zero-order chi connectivity index (χ0) is 9.07. The van der Waals surface area contributed by atoms with Crippen LogP contribution in [0.25, 0.3) is 0 Å². The first kappa shape index (κ1) is 11.3. The molecule has 1 heteroatoms. The monoisotopic (exact) mass is 168 g/mol. The van der Waals surface area contributed by atoms with Gasteiger partial charge in [0.05, 0.1) is 12.9 Å². The second-order valence-corrected chi connectivity index (χ2v) is 2.79. The minimum Gasteiger partial charge on any atom is -0.501 e. The van der Waals surface area contributed by atoms with Crippen LogP contribution >= 0.6 is 0 Å². The summed E-state index contributed by atoms with van der Waals surface area (Å²) in [6.45, 7) is 6.45. The van der Waals surface area contributed by atoms with Gasteiger partial charge in [0.25, 0.3) is 0 Å². The lowest BCUT2D eigenvalue weighted by molar-refractivity contribution is 0.257. The van der Waals surface area contributed by atoms with E-state index in [1.165, 1.54) is 31.9 Å². The van der Waals surface area contributed by atoms with E-state index in [2.05, 4.69) is 25.7 Å². The Hall–Kier alpha value is -0.720. The zero-order valence-corrected chi connectivity index (χ0v) is 8.09. The number of ether oxygens (including phenoxy) is 1. The van der Waals surface area contributed by atoms with Crippen molar-refractivity contribution in [3.63, 3.8) is 0 Å². The highest BCUT2D eigenvalue weighted by Crippen LogP contribution is 2.00. The molecular formula is C11H20O. The summed E-state index contributed by atoms with van der Waals surface area (Å²) in [5, 5.41) is 0. The molecule has 0 aromatic carbocycles. The summed E-state index contributed by atoms with van der Waals surface area (Å²) < 4.78 is 4.97. The van der Waals surface area contributed by atoms with Crippen LogP contribution in [0.5, 0.6) is 0 Å². The largest absolute Gasteiger partial charge is 0.501 e. The van der Waals surface area contributed by atoms with Gasteiger partial charge in [-0.25, -0.2) is 0 Å². The molecule has 0 aliphatic heterocycles. The fourth-order valence-corrected chi connectivity index (χ4v) is 0.967. The summed E-state index contributed by atoms with van der Waals surface area (Å²) >= 11 is 0. The van der Waals surface area contributed by atoms with E-state index < -0.39 is 0 Å². The molecule has 70 valence electrons. The third-order valence-electron chi connectivity index (χ3n) is 1.66. The average molecular weight is 168 g/mol. The van der Waals surface area contributed by atoms with Gasteiger partial charge in [0, 0.05) is 0 Å². The number of hydrogen-bond acceptors (Lipinski definition) is 1. The van der Waals surface area contributed by atoms with Gasteiger partial charge < -0.3 is 4.74 Å². The van der Waals surface area contributed by atoms with Gasteiger partial charge in [-0.1, -0.05) is 38.5 Å². The molecule has 1 nitrogen and oxygen atoms in total. The normalized spacial score (nSPS) is 10.4. The number of rotatable bonds is 8. The summed E-state index contributed by atoms with van der Waals surface area (Å²) in [4.78, 5) is 0. The predicted molar refractivity (Wildman–Crippen MR) is 54.0 cm³/mol. The van der Waals surface area contributed by atoms with Gasteiger partial charge in [-0.15, -0.1) is 0 Å². The summed E-state index contributed by atoms with van der Waals surface area (Å²) in [7, 11) is 0. The van der Waals surface area contributed by atoms with Crippen LogP contribution in [0.2, 0.25) is 0 Å². The predicted octanol–water partition coefficient (Wildman–Crippen LogP) is 3.67. The molecule has 0 aromatic heterocycles. The van der Waals surface area contributed by atoms with Gasteiger partial charge in [-0.2, -0.15) is 0 Å². The molecule has 0 unspecified atom stereocenters. The van der Waals surface area contributed by atoms with Crippen molar-refractivity contribution < 1.29 is 4.74 Å². The Morgan fingerprint density at radius 1 is 1.17 bits per heavy atom. The van der Waals surface area contributed by atoms with Gasteiger partial charge in [-0.05, 0) is 19.3 Å². The third-order valence-corrected chi connectivity index (χ3v) is 1.66. The third kappa shape index (κ3) is 9.28. The van der Waals surface area contributed by atoms with E-state index in [1.54, 1.807) is 0 Å². The molecule has 0 aliphatic rings. The fourth-order valence-electron chi connectivity index (χ4n) is 0.967. The molecule has 0 saturated heterocycles. The molecule has 0 aliphatic carbocycles. The Morgan fingerprint density at radius 2 is 1.92 bits per heavy atom. The molecule has 0 aromatic rings. The minimum atomic E-state index is 0.758. The van der Waals surface area contributed by atoms with Crippen molar-refractivity contribution >= 4 is 0 Å². The lowest BCUT2D eigenvalue weighted by atomic mass is 10.2. The van der Waals surface area contributed by atoms with Crippen LogP contribution in [0, 0.1) is 0 Å². The van der Waals surface area contributed by atoms with Crippen molar-refractivity contribution in [1.82, 2.24) is 0 Å². The van der Waals surface area contributed by atoms with Crippen molar-refractivity contribution in [1.29, 1.82) is 0 Å². The van der Waals surface area contributed by atoms with Crippen LogP contribution in [0.3, 0.4) is 0 Å². The molecule has 0 heterocycles. The highest BCUT2D eigenvalue weighted by molar-refractivity contribution is 4.81. The van der Waals surface area contributed by atoms with Crippen LogP contribution < -0.4 is 0 Å². The standard InChI is InChI=1S/C11H20O/c1-3-5-6-7-8-9-10-11-12-4-2/h4,8-9H,2-3,5-7,10-11H2,1H3. The SMILES string of the molecule is C=COCCC=CCCCCC. The van der Waals surface area contributed by atoms with E-state index >= 15 is 0 Å². The molecule has 0 N–H and O–H groups in total. The number of hydrogen-bond donors (Lipinski definition) is 0. The van der Waals surface area contributed by atoms with Gasteiger partial charge >= 0.3 is 0 Å². The Balaban J connectivity index is 2.98. The second kappa shape index (κ2) is 10.3. The van der Waals surface area contributed by atoms with Crippen molar-refractivity contribution in [3.05, 3.63) is 25.0 Å². The smallest absolute Gasteiger partial charge is 0.0907 e. The molecule has 12 heavy (non-hydrogen) atoms. The van der Waals surface area contributed by atoms with Crippen LogP contribution in [0.4, 0.5) is 0 Å². The van der Waals surface area contributed by atoms with Crippen molar-refractivity contribution in [2.45, 2.75) is 39.0 Å². The van der Waals surface area contributed by atoms with Gasteiger partial charge in [0.1, 0.15) is 0 Å². The fraction of sp³-hybridized carbons (Fsp3) is 0.636. The maximum Gasteiger partial charge on any atom is 0.0907 e. The molecule has 0 rings (SSSR count). The molecule has 0 bridgehead atoms. The molecule has 0 saturated carbocycles. The Bertz CT molecular complexity index is 116. The van der Waals surface area contributed by atoms with Gasteiger partial charge in [0.2, 0.25) is 0 Å². The highest BCUT2D eigenvalue weighted by Gasteiger charge is 1.81. The summed E-state index contributed by atoms with van der Waals surface area (Å²) in [5.74, 6) is 0. The first-order valence-electron chi connectivity index (χ1n) is 4.79. The quantitative estimate of drug-likeness (QED) is 0.305. The van der Waals surface area contributed by atoms with Crippen molar-refractivity contribution in [3.8, 4) is 0 Å². The zero-order valence-electron chi connectivity index (χ0n) is 8.09. The van der Waals surface area contributed by atoms with E-state index in [-0.39, 0.29) is 0 Å². The molecule has 0 atom stereocenters. The van der Waals surface area contributed by atoms with E-state index in [0.29, 0.717) is 0 Å². The van der Waals surface area contributed by atoms with Gasteiger partial charge in [0.15, 0.2) is 0 Å². The highest BCUT2D eigenvalue weighted by atomic mass is 16.5. The molecule has 0 radical (unpaired) electrons. The van der Waals surface area contributed by atoms with E-state index in [4.69, 9.17) is 4.74 Å². The molecule has 0 spiro atoms. The van der Waals surface area contributed by atoms with Crippen LogP contribution in [0.1, 0.15) is 39.0 Å². The topological polar surface area (TPSA) is 9.23 Å². The molecule has 0 fully saturated rings. The first-order valence-corrected chi connectivity index (χ1v) is 4.79. The maximum absolute atomic E-state index is 4.97. The Kier molecular flexibility index (Phi) is 9.66. The first-order chi connectivity index (χ1) is 5.91. The van der Waals surface area contributed by atoms with Crippen molar-refractivity contribution in [2.24, 2.45) is 0 Å². The number of allylic oxidation sites excluding steroid dienone is 1. The summed E-state index contributed by atoms with van der Waals surface area (Å²) in [5.41, 5.74) is 0. The van der Waals surface area contributed by atoms with E-state index in [1.807, 2.05) is 0 Å². The number of unbranched alkanes of at least 4 members (excludes halogenated alkanes) is 3. The summed E-state index contributed by atoms with van der Waals surface area (Å²) in [6.07, 6.45) is 12.1. The van der Waals surface area contributed by atoms with Gasteiger partial charge in [-0.3, -0.25) is 0 Å². The minimum absolute atomic E-state index is 0.758.